The topological polar surface area (TPSA) is 89.6 Å². The van der Waals surface area contributed by atoms with Crippen LogP contribution in [-0.4, -0.2) is 24.7 Å². The maximum absolute atomic E-state index is 11.4. The van der Waals surface area contributed by atoms with E-state index in [4.69, 9.17) is 9.97 Å². The molecule has 2 aromatic carbocycles. The van der Waals surface area contributed by atoms with Crippen molar-refractivity contribution in [3.05, 3.63) is 87.8 Å². The maximum Gasteiger partial charge on any atom is 0.439 e. The first-order valence-electron chi connectivity index (χ1n) is 10.6. The molecule has 0 saturated heterocycles. The lowest BCUT2D eigenvalue weighted by Crippen LogP contribution is -2.05. The highest BCUT2D eigenvalue weighted by Gasteiger charge is 2.15. The summed E-state index contributed by atoms with van der Waals surface area (Å²) in [6, 6.07) is 18.3. The summed E-state index contributed by atoms with van der Waals surface area (Å²) in [7, 11) is 0. The fourth-order valence-electron chi connectivity index (χ4n) is 4.14. The zero-order valence-corrected chi connectivity index (χ0v) is 18.2. The van der Waals surface area contributed by atoms with Gasteiger partial charge in [0.15, 0.2) is 11.5 Å². The summed E-state index contributed by atoms with van der Waals surface area (Å²) < 4.78 is 6.89. The molecule has 0 saturated carbocycles. The lowest BCUT2D eigenvalue weighted by atomic mass is 9.98. The third-order valence-corrected chi connectivity index (χ3v) is 5.65. The number of aryl methyl sites for hydroxylation is 3. The number of hydrogen-bond donors (Lipinski definition) is 1. The van der Waals surface area contributed by atoms with E-state index in [-0.39, 0.29) is 0 Å². The molecule has 0 radical (unpaired) electrons. The largest absolute Gasteiger partial charge is 0.439 e. The van der Waals surface area contributed by atoms with Crippen molar-refractivity contribution in [3.63, 3.8) is 0 Å². The second kappa shape index (κ2) is 7.92. The van der Waals surface area contributed by atoms with Gasteiger partial charge in [0.05, 0.1) is 6.54 Å². The molecule has 160 valence electrons. The molecule has 0 unspecified atom stereocenters. The lowest BCUT2D eigenvalue weighted by Gasteiger charge is -2.11. The van der Waals surface area contributed by atoms with Gasteiger partial charge in [-0.2, -0.15) is 0 Å². The Bertz CT molecular complexity index is 1470. The summed E-state index contributed by atoms with van der Waals surface area (Å²) in [6.45, 7) is 6.92. The Balaban J connectivity index is 1.51. The summed E-state index contributed by atoms with van der Waals surface area (Å²) in [6.07, 6.45) is 0.843. The summed E-state index contributed by atoms with van der Waals surface area (Å²) in [5.41, 5.74) is 8.04. The molecular formula is C25H23N5O2. The van der Waals surface area contributed by atoms with E-state index in [2.05, 4.69) is 63.4 Å². The van der Waals surface area contributed by atoms with Gasteiger partial charge in [-0.15, -0.1) is 0 Å². The summed E-state index contributed by atoms with van der Waals surface area (Å²) in [4.78, 5) is 23.6. The fraction of sp³-hybridized carbons (Fsp3) is 0.200. The van der Waals surface area contributed by atoms with Crippen LogP contribution in [0.25, 0.3) is 33.7 Å². The van der Waals surface area contributed by atoms with Gasteiger partial charge in [-0.05, 0) is 42.2 Å². The standard InChI is InChI=1S/C25H23N5O2/c1-4-21-27-22-15(2)13-16(3)26-24(22)30(21)14-17-9-11-18(12-10-17)19-7-5-6-8-20(19)23-28-25(31)32-29-23/h5-13H,4,14H2,1-3H3,(H,28,29,31). The Kier molecular flexibility index (Phi) is 4.93. The molecule has 5 rings (SSSR count). The minimum atomic E-state index is -0.566. The van der Waals surface area contributed by atoms with Crippen LogP contribution in [-0.2, 0) is 13.0 Å². The number of benzene rings is 2. The number of imidazole rings is 1. The second-order valence-electron chi connectivity index (χ2n) is 7.91. The minimum Gasteiger partial charge on any atom is -0.308 e. The number of pyridine rings is 1. The van der Waals surface area contributed by atoms with Crippen molar-refractivity contribution in [2.75, 3.05) is 0 Å². The van der Waals surface area contributed by atoms with Gasteiger partial charge < -0.3 is 4.57 Å². The van der Waals surface area contributed by atoms with E-state index in [0.29, 0.717) is 12.4 Å². The highest BCUT2D eigenvalue weighted by Crippen LogP contribution is 2.30. The number of hydrogen-bond acceptors (Lipinski definition) is 5. The van der Waals surface area contributed by atoms with Crippen LogP contribution in [0.1, 0.15) is 29.6 Å². The first-order valence-corrected chi connectivity index (χ1v) is 10.6. The molecule has 0 bridgehead atoms. The predicted octanol–water partition coefficient (Wildman–Crippen LogP) is 4.67. The molecule has 0 amide bonds. The molecule has 7 heteroatoms. The van der Waals surface area contributed by atoms with Crippen LogP contribution in [0.15, 0.2) is 63.9 Å². The van der Waals surface area contributed by atoms with Gasteiger partial charge in [-0.3, -0.25) is 9.51 Å². The smallest absolute Gasteiger partial charge is 0.308 e. The van der Waals surface area contributed by atoms with Crippen LogP contribution in [0, 0.1) is 13.8 Å². The number of nitrogens with one attached hydrogen (secondary N) is 1. The Labute approximate surface area is 184 Å². The van der Waals surface area contributed by atoms with E-state index in [1.54, 1.807) is 0 Å². The Hall–Kier alpha value is -4.00. The summed E-state index contributed by atoms with van der Waals surface area (Å²) >= 11 is 0. The van der Waals surface area contributed by atoms with E-state index in [9.17, 15) is 4.79 Å². The predicted molar refractivity (Wildman–Crippen MR) is 123 cm³/mol. The molecule has 3 heterocycles. The Morgan fingerprint density at radius 2 is 1.75 bits per heavy atom. The van der Waals surface area contributed by atoms with Gasteiger partial charge in [0.1, 0.15) is 11.3 Å². The second-order valence-corrected chi connectivity index (χ2v) is 7.91. The number of aromatic amines is 1. The molecule has 1 N–H and O–H groups in total. The van der Waals surface area contributed by atoms with Crippen LogP contribution >= 0.6 is 0 Å². The normalized spacial score (nSPS) is 11.3. The third-order valence-electron chi connectivity index (χ3n) is 5.65. The van der Waals surface area contributed by atoms with Crippen LogP contribution in [0.5, 0.6) is 0 Å². The van der Waals surface area contributed by atoms with E-state index in [1.807, 2.05) is 31.2 Å². The average molecular weight is 425 g/mol. The molecule has 32 heavy (non-hydrogen) atoms. The van der Waals surface area contributed by atoms with Crippen molar-refractivity contribution in [1.82, 2.24) is 24.7 Å². The van der Waals surface area contributed by atoms with Crippen molar-refractivity contribution < 1.29 is 4.52 Å². The molecule has 0 aliphatic carbocycles. The quantitative estimate of drug-likeness (QED) is 0.442. The first kappa shape index (κ1) is 19.9. The minimum absolute atomic E-state index is 0.420. The van der Waals surface area contributed by atoms with Crippen LogP contribution in [0.4, 0.5) is 0 Å². The number of H-pyrrole nitrogens is 1. The molecule has 7 nitrogen and oxygen atoms in total. The van der Waals surface area contributed by atoms with Crippen LogP contribution < -0.4 is 5.76 Å². The van der Waals surface area contributed by atoms with Crippen molar-refractivity contribution in [1.29, 1.82) is 0 Å². The Morgan fingerprint density at radius 1 is 1.00 bits per heavy atom. The van der Waals surface area contributed by atoms with Gasteiger partial charge >= 0.3 is 5.76 Å². The average Bonchev–Trinajstić information content (AvgIpc) is 3.38. The van der Waals surface area contributed by atoms with E-state index in [0.717, 1.165) is 56.9 Å². The van der Waals surface area contributed by atoms with Gasteiger partial charge in [0.25, 0.3) is 0 Å². The molecule has 0 fully saturated rings. The van der Waals surface area contributed by atoms with Gasteiger partial charge in [0.2, 0.25) is 0 Å². The fourth-order valence-corrected chi connectivity index (χ4v) is 4.14. The van der Waals surface area contributed by atoms with Crippen LogP contribution in [0.2, 0.25) is 0 Å². The van der Waals surface area contributed by atoms with Crippen molar-refractivity contribution >= 4 is 11.2 Å². The molecule has 0 atom stereocenters. The maximum atomic E-state index is 11.4. The number of nitrogens with zero attached hydrogens (tertiary/aromatic N) is 4. The lowest BCUT2D eigenvalue weighted by molar-refractivity contribution is 0.388. The van der Waals surface area contributed by atoms with Gasteiger partial charge in [-0.25, -0.2) is 14.8 Å². The highest BCUT2D eigenvalue weighted by molar-refractivity contribution is 5.80. The summed E-state index contributed by atoms with van der Waals surface area (Å²) in [5.74, 6) is 0.887. The molecule has 0 aliphatic heterocycles. The molecule has 0 spiro atoms. The van der Waals surface area contributed by atoms with Gasteiger partial charge in [-0.1, -0.05) is 60.6 Å². The van der Waals surface area contributed by atoms with Crippen molar-refractivity contribution in [2.45, 2.75) is 33.7 Å². The molecule has 5 aromatic rings. The van der Waals surface area contributed by atoms with Crippen molar-refractivity contribution in [2.24, 2.45) is 0 Å². The zero-order valence-electron chi connectivity index (χ0n) is 18.2. The highest BCUT2D eigenvalue weighted by atomic mass is 16.5. The monoisotopic (exact) mass is 425 g/mol. The van der Waals surface area contributed by atoms with E-state index in [1.165, 1.54) is 0 Å². The van der Waals surface area contributed by atoms with Crippen LogP contribution in [0.3, 0.4) is 0 Å². The Morgan fingerprint density at radius 3 is 2.44 bits per heavy atom. The SMILES string of the molecule is CCc1nc2c(C)cc(C)nc2n1Cc1ccc(-c2ccccc2-c2noc(=O)[nH]2)cc1. The van der Waals surface area contributed by atoms with Gasteiger partial charge in [0, 0.05) is 17.7 Å². The van der Waals surface area contributed by atoms with E-state index < -0.39 is 5.76 Å². The number of fused-ring (bicyclic) bond motifs is 1. The number of aromatic nitrogens is 5. The molecule has 3 aromatic heterocycles. The first-order chi connectivity index (χ1) is 15.5. The van der Waals surface area contributed by atoms with E-state index >= 15 is 0 Å². The molecule has 0 aliphatic rings. The zero-order chi connectivity index (χ0) is 22.2. The summed E-state index contributed by atoms with van der Waals surface area (Å²) in [5, 5.41) is 3.84. The number of rotatable bonds is 5. The third kappa shape index (κ3) is 3.51. The van der Waals surface area contributed by atoms with Crippen molar-refractivity contribution in [3.8, 4) is 22.5 Å². The molecular weight excluding hydrogens is 402 g/mol.